The summed E-state index contributed by atoms with van der Waals surface area (Å²) in [7, 11) is -0.0430. The van der Waals surface area contributed by atoms with Crippen molar-refractivity contribution in [2.24, 2.45) is 0 Å². The van der Waals surface area contributed by atoms with Gasteiger partial charge in [0, 0.05) is 41.0 Å². The number of carbonyl (C=O) groups is 1. The van der Waals surface area contributed by atoms with Gasteiger partial charge in [0.2, 0.25) is 15.9 Å². The van der Waals surface area contributed by atoms with Gasteiger partial charge in [0.1, 0.15) is 17.7 Å². The van der Waals surface area contributed by atoms with Gasteiger partial charge in [0.25, 0.3) is 0 Å². The highest BCUT2D eigenvalue weighted by Crippen LogP contribution is 2.28. The third-order valence-corrected chi connectivity index (χ3v) is 7.50. The summed E-state index contributed by atoms with van der Waals surface area (Å²) in [6.07, 6.45) is 5.03. The number of amides is 1. The highest BCUT2D eigenvalue weighted by Gasteiger charge is 2.36. The van der Waals surface area contributed by atoms with Gasteiger partial charge in [-0.2, -0.15) is 4.72 Å². The lowest BCUT2D eigenvalue weighted by molar-refractivity contribution is -0.118. The topological polar surface area (TPSA) is 87.5 Å². The predicted molar refractivity (Wildman–Crippen MR) is 132 cm³/mol. The van der Waals surface area contributed by atoms with E-state index in [9.17, 15) is 13.2 Å². The fraction of sp³-hybridized carbons (Fsp3) is 0.273. The predicted octanol–water partition coefficient (Wildman–Crippen LogP) is 3.48. The Kier molecular flexibility index (Phi) is 7.20. The van der Waals surface area contributed by atoms with Gasteiger partial charge in [-0.1, -0.05) is 11.6 Å². The lowest BCUT2D eigenvalue weighted by atomic mass is 10.2. The number of hydrogen-bond acceptors (Lipinski definition) is 6. The number of aromatic nitrogens is 2. The number of rotatable bonds is 8. The van der Waals surface area contributed by atoms with Crippen molar-refractivity contribution < 1.29 is 17.6 Å². The quantitative estimate of drug-likeness (QED) is 0.488. The van der Waals surface area contributed by atoms with Gasteiger partial charge >= 0.3 is 0 Å². The molecule has 1 fully saturated rings. The molecule has 1 saturated heterocycles. The number of benzene rings is 1. The van der Waals surface area contributed by atoms with E-state index < -0.39 is 27.8 Å². The number of sulfonamides is 1. The molecule has 0 bridgehead atoms. The Balaban J connectivity index is 1.47. The molecular weight excluding hydrogens is 501 g/mol. The second-order valence-corrected chi connectivity index (χ2v) is 11.4. The van der Waals surface area contributed by atoms with E-state index in [-0.39, 0.29) is 18.7 Å². The molecule has 1 aromatic carbocycles. The molecule has 180 valence electrons. The highest BCUT2D eigenvalue weighted by atomic mass is 35.5. The largest absolute Gasteiger partial charge is 0.308 e. The number of nitrogens with one attached hydrogen (secondary N) is 1. The van der Waals surface area contributed by atoms with E-state index in [0.29, 0.717) is 21.4 Å². The van der Waals surface area contributed by atoms with Crippen LogP contribution in [0.4, 0.5) is 10.1 Å². The monoisotopic (exact) mass is 523 g/mol. The van der Waals surface area contributed by atoms with Gasteiger partial charge in [-0.25, -0.2) is 17.8 Å². The molecule has 0 spiro atoms. The molecule has 3 heterocycles. The molecule has 4 rings (SSSR count). The first-order valence-corrected chi connectivity index (χ1v) is 13.1. The average Bonchev–Trinajstić information content (AvgIpc) is 3.48. The van der Waals surface area contributed by atoms with Crippen LogP contribution in [0.2, 0.25) is 4.34 Å². The third-order valence-electron chi connectivity index (χ3n) is 5.19. The molecular formula is C22H23ClFN5O3S2. The number of anilines is 1. The fourth-order valence-electron chi connectivity index (χ4n) is 3.67. The van der Waals surface area contributed by atoms with E-state index in [1.165, 1.54) is 34.4 Å². The standard InChI is InChI=1S/C22H23ClFN5O3S2/c1-27(2)14-21-25-9-11-28(21)15-3-5-19(17(24)13-15)29-10-7-18(22(29)30)26-34(31,32)12-8-16-4-6-20(23)33-16/h3-6,8-9,11-13,18,26H,7,10,14H2,1-2H3/b12-8+. The number of thiophene rings is 1. The Labute approximate surface area is 206 Å². The maximum atomic E-state index is 15.0. The molecule has 34 heavy (non-hydrogen) atoms. The number of carbonyl (C=O) groups excluding carboxylic acids is 1. The maximum absolute atomic E-state index is 15.0. The van der Waals surface area contributed by atoms with Crippen molar-refractivity contribution in [3.05, 3.63) is 69.0 Å². The molecule has 3 aromatic rings. The molecule has 1 N–H and O–H groups in total. The SMILES string of the molecule is CN(C)Cc1nccn1-c1ccc(N2CCC(NS(=O)(=O)/C=C/c3ccc(Cl)s3)C2=O)c(F)c1. The van der Waals surface area contributed by atoms with Crippen molar-refractivity contribution in [1.29, 1.82) is 0 Å². The number of nitrogens with zero attached hydrogens (tertiary/aromatic N) is 4. The van der Waals surface area contributed by atoms with Gasteiger partial charge in [0.15, 0.2) is 0 Å². The van der Waals surface area contributed by atoms with Crippen molar-refractivity contribution in [2.45, 2.75) is 19.0 Å². The van der Waals surface area contributed by atoms with Gasteiger partial charge in [-0.3, -0.25) is 4.79 Å². The number of hydrogen-bond donors (Lipinski definition) is 1. The Morgan fingerprint density at radius 2 is 2.12 bits per heavy atom. The minimum atomic E-state index is -3.88. The minimum absolute atomic E-state index is 0.105. The summed E-state index contributed by atoms with van der Waals surface area (Å²) in [5.74, 6) is -0.325. The minimum Gasteiger partial charge on any atom is -0.308 e. The Morgan fingerprint density at radius 3 is 2.79 bits per heavy atom. The van der Waals surface area contributed by atoms with Gasteiger partial charge in [-0.15, -0.1) is 11.3 Å². The lowest BCUT2D eigenvalue weighted by Gasteiger charge is -2.19. The van der Waals surface area contributed by atoms with Crippen LogP contribution in [-0.2, 0) is 21.4 Å². The molecule has 1 aliphatic heterocycles. The first-order chi connectivity index (χ1) is 16.1. The molecule has 1 amide bonds. The van der Waals surface area contributed by atoms with E-state index in [4.69, 9.17) is 11.6 Å². The first-order valence-electron chi connectivity index (χ1n) is 10.4. The van der Waals surface area contributed by atoms with Crippen LogP contribution >= 0.6 is 22.9 Å². The van der Waals surface area contributed by atoms with Crippen molar-refractivity contribution in [3.8, 4) is 5.69 Å². The van der Waals surface area contributed by atoms with Gasteiger partial charge in [0.05, 0.1) is 16.6 Å². The first kappa shape index (κ1) is 24.6. The van der Waals surface area contributed by atoms with Gasteiger partial charge in [-0.05, 0) is 50.9 Å². The summed E-state index contributed by atoms with van der Waals surface area (Å²) in [6.45, 7) is 0.778. The van der Waals surface area contributed by atoms with Crippen LogP contribution in [0.15, 0.2) is 48.1 Å². The lowest BCUT2D eigenvalue weighted by Crippen LogP contribution is -2.40. The maximum Gasteiger partial charge on any atom is 0.245 e. The van der Waals surface area contributed by atoms with Crippen LogP contribution in [0.25, 0.3) is 11.8 Å². The molecule has 1 aliphatic rings. The smallest absolute Gasteiger partial charge is 0.245 e. The molecule has 0 radical (unpaired) electrons. The van der Waals surface area contributed by atoms with E-state index >= 15 is 4.39 Å². The van der Waals surface area contributed by atoms with Crippen LogP contribution in [0.1, 0.15) is 17.1 Å². The molecule has 0 saturated carbocycles. The summed E-state index contributed by atoms with van der Waals surface area (Å²) in [4.78, 5) is 21.1. The zero-order valence-corrected chi connectivity index (χ0v) is 20.9. The number of halogens is 2. The summed E-state index contributed by atoms with van der Waals surface area (Å²) < 4.78 is 44.6. The highest BCUT2D eigenvalue weighted by molar-refractivity contribution is 7.92. The summed E-state index contributed by atoms with van der Waals surface area (Å²) in [5, 5.41) is 0.997. The second kappa shape index (κ2) is 9.96. The molecule has 1 atom stereocenters. The van der Waals surface area contributed by atoms with Crippen LogP contribution < -0.4 is 9.62 Å². The Hall–Kier alpha value is -2.57. The molecule has 12 heteroatoms. The molecule has 0 aliphatic carbocycles. The van der Waals surface area contributed by atoms with Crippen molar-refractivity contribution in [2.75, 3.05) is 25.5 Å². The van der Waals surface area contributed by atoms with Gasteiger partial charge < -0.3 is 14.4 Å². The second-order valence-electron chi connectivity index (χ2n) is 8.03. The van der Waals surface area contributed by atoms with E-state index in [2.05, 4.69) is 9.71 Å². The summed E-state index contributed by atoms with van der Waals surface area (Å²) in [6, 6.07) is 6.97. The van der Waals surface area contributed by atoms with E-state index in [1.807, 2.05) is 19.0 Å². The van der Waals surface area contributed by atoms with Crippen molar-refractivity contribution in [3.63, 3.8) is 0 Å². The normalized spacial score (nSPS) is 16.9. The zero-order valence-electron chi connectivity index (χ0n) is 18.5. The molecule has 2 aromatic heterocycles. The van der Waals surface area contributed by atoms with Crippen LogP contribution in [0.5, 0.6) is 0 Å². The molecule has 1 unspecified atom stereocenters. The zero-order chi connectivity index (χ0) is 24.5. The third kappa shape index (κ3) is 5.56. The van der Waals surface area contributed by atoms with Crippen LogP contribution in [0, 0.1) is 5.82 Å². The number of imidazole rings is 1. The van der Waals surface area contributed by atoms with Crippen LogP contribution in [-0.4, -0.2) is 55.5 Å². The van der Waals surface area contributed by atoms with E-state index in [1.54, 1.807) is 35.2 Å². The summed E-state index contributed by atoms with van der Waals surface area (Å²) in [5.41, 5.74) is 0.687. The fourth-order valence-corrected chi connectivity index (χ4v) is 5.74. The van der Waals surface area contributed by atoms with Crippen molar-refractivity contribution in [1.82, 2.24) is 19.2 Å². The summed E-state index contributed by atoms with van der Waals surface area (Å²) >= 11 is 7.09. The Bertz CT molecular complexity index is 1340. The van der Waals surface area contributed by atoms with Crippen LogP contribution in [0.3, 0.4) is 0 Å². The average molecular weight is 524 g/mol. The van der Waals surface area contributed by atoms with E-state index in [0.717, 1.165) is 11.2 Å². The Morgan fingerprint density at radius 1 is 1.32 bits per heavy atom. The van der Waals surface area contributed by atoms with Crippen molar-refractivity contribution >= 4 is 50.6 Å². The molecule has 8 nitrogen and oxygen atoms in total.